The first-order valence-electron chi connectivity index (χ1n) is 11.6. The van der Waals surface area contributed by atoms with Crippen LogP contribution in [0.15, 0.2) is 97.2 Å². The van der Waals surface area contributed by atoms with Crippen molar-refractivity contribution in [3.05, 3.63) is 119 Å². The Bertz CT molecular complexity index is 1410. The Labute approximate surface area is 217 Å². The van der Waals surface area contributed by atoms with Crippen molar-refractivity contribution >= 4 is 29.1 Å². The van der Waals surface area contributed by atoms with Crippen LogP contribution in [0, 0.1) is 0 Å². The summed E-state index contributed by atoms with van der Waals surface area (Å²) in [5.41, 5.74) is 1.69. The lowest BCUT2D eigenvalue weighted by Crippen LogP contribution is -2.28. The van der Waals surface area contributed by atoms with E-state index in [1.165, 1.54) is 12.1 Å². The molecule has 10 heteroatoms. The number of hydrogen-bond donors (Lipinski definition) is 4. The fourth-order valence-corrected chi connectivity index (χ4v) is 3.60. The van der Waals surface area contributed by atoms with Crippen LogP contribution >= 0.6 is 0 Å². The van der Waals surface area contributed by atoms with Gasteiger partial charge in [-0.05, 0) is 53.6 Å². The molecule has 0 fully saturated rings. The Morgan fingerprint density at radius 3 is 2.32 bits per heavy atom. The van der Waals surface area contributed by atoms with E-state index in [1.807, 2.05) is 30.3 Å². The molecule has 0 aliphatic rings. The monoisotopic (exact) mass is 519 g/mol. The average Bonchev–Trinajstić information content (AvgIpc) is 2.91. The molecule has 0 aliphatic carbocycles. The summed E-state index contributed by atoms with van der Waals surface area (Å²) in [7, 11) is 0. The molecule has 4 rings (SSSR count). The van der Waals surface area contributed by atoms with Gasteiger partial charge in [-0.25, -0.2) is 9.78 Å². The summed E-state index contributed by atoms with van der Waals surface area (Å²) in [5, 5.41) is 11.1. The number of para-hydroxylation sites is 1. The minimum absolute atomic E-state index is 0.0371. The van der Waals surface area contributed by atoms with E-state index in [1.54, 1.807) is 42.6 Å². The number of nitrogens with zero attached hydrogens (tertiary/aromatic N) is 1. The largest absolute Gasteiger partial charge is 0.416 e. The van der Waals surface area contributed by atoms with Gasteiger partial charge in [-0.3, -0.25) is 10.1 Å². The fraction of sp³-hybridized carbons (Fsp3) is 0.107. The number of carbonyl (C=O) groups is 2. The Hall–Kier alpha value is -4.86. The molecule has 3 amide bonds. The van der Waals surface area contributed by atoms with E-state index >= 15 is 0 Å². The molecule has 7 nitrogen and oxygen atoms in total. The maximum absolute atomic E-state index is 13.0. The van der Waals surface area contributed by atoms with Gasteiger partial charge in [0.15, 0.2) is 0 Å². The summed E-state index contributed by atoms with van der Waals surface area (Å²) in [4.78, 5) is 29.2. The van der Waals surface area contributed by atoms with E-state index in [0.717, 1.165) is 23.3 Å². The van der Waals surface area contributed by atoms with Crippen molar-refractivity contribution in [2.75, 3.05) is 16.0 Å². The maximum Gasteiger partial charge on any atom is 0.416 e. The van der Waals surface area contributed by atoms with Crippen LogP contribution < -0.4 is 21.3 Å². The molecular formula is C28H24F3N5O2. The second-order valence-corrected chi connectivity index (χ2v) is 8.27. The number of anilines is 3. The molecule has 1 heterocycles. The van der Waals surface area contributed by atoms with E-state index in [9.17, 15) is 22.8 Å². The van der Waals surface area contributed by atoms with Crippen LogP contribution in [0.3, 0.4) is 0 Å². The van der Waals surface area contributed by atoms with E-state index in [4.69, 9.17) is 0 Å². The van der Waals surface area contributed by atoms with E-state index < -0.39 is 23.7 Å². The van der Waals surface area contributed by atoms with Gasteiger partial charge >= 0.3 is 12.2 Å². The van der Waals surface area contributed by atoms with Crippen molar-refractivity contribution < 1.29 is 22.8 Å². The first-order chi connectivity index (χ1) is 18.3. The van der Waals surface area contributed by atoms with Crippen LogP contribution in [0.2, 0.25) is 0 Å². The predicted molar refractivity (Wildman–Crippen MR) is 140 cm³/mol. The number of halogens is 3. The number of alkyl halides is 3. The smallest absolute Gasteiger partial charge is 0.380 e. The molecule has 4 aromatic rings. The number of nitrogens with one attached hydrogen (secondary N) is 4. The van der Waals surface area contributed by atoms with Crippen molar-refractivity contribution in [2.45, 2.75) is 19.3 Å². The molecule has 3 aromatic carbocycles. The first kappa shape index (κ1) is 26.2. The third-order valence-corrected chi connectivity index (χ3v) is 5.46. The topological polar surface area (TPSA) is 95.2 Å². The van der Waals surface area contributed by atoms with Gasteiger partial charge in [-0.2, -0.15) is 13.2 Å². The highest BCUT2D eigenvalue weighted by Crippen LogP contribution is 2.31. The van der Waals surface area contributed by atoms with Gasteiger partial charge in [0.2, 0.25) is 0 Å². The summed E-state index contributed by atoms with van der Waals surface area (Å²) in [6.45, 7) is 0.671. The summed E-state index contributed by atoms with van der Waals surface area (Å²) in [5.74, 6) is -0.204. The van der Waals surface area contributed by atoms with Crippen molar-refractivity contribution in [3.63, 3.8) is 0 Å². The molecule has 0 unspecified atom stereocenters. The molecule has 0 saturated carbocycles. The number of aromatic nitrogens is 1. The molecule has 0 spiro atoms. The van der Waals surface area contributed by atoms with Gasteiger partial charge in [-0.1, -0.05) is 48.5 Å². The van der Waals surface area contributed by atoms with E-state index in [-0.39, 0.29) is 11.3 Å². The van der Waals surface area contributed by atoms with Crippen molar-refractivity contribution in [1.29, 1.82) is 0 Å². The van der Waals surface area contributed by atoms with Crippen molar-refractivity contribution in [1.82, 2.24) is 10.3 Å². The van der Waals surface area contributed by atoms with Gasteiger partial charge in [0.25, 0.3) is 5.91 Å². The SMILES string of the molecule is O=C(NCc1ccccc1)Nc1cc(CNc2ccccc2C(=O)Nc2cccc(C(F)(F)F)c2)ccn1. The summed E-state index contributed by atoms with van der Waals surface area (Å²) in [6, 6.07) is 23.7. The average molecular weight is 520 g/mol. The summed E-state index contributed by atoms with van der Waals surface area (Å²) in [6.07, 6.45) is -2.96. The lowest BCUT2D eigenvalue weighted by Gasteiger charge is -2.14. The first-order valence-corrected chi connectivity index (χ1v) is 11.6. The van der Waals surface area contributed by atoms with Crippen molar-refractivity contribution in [2.24, 2.45) is 0 Å². The van der Waals surface area contributed by atoms with Gasteiger partial charge in [-0.15, -0.1) is 0 Å². The zero-order chi connectivity index (χ0) is 27.0. The second kappa shape index (κ2) is 11.9. The lowest BCUT2D eigenvalue weighted by molar-refractivity contribution is -0.137. The number of benzene rings is 3. The number of hydrogen-bond acceptors (Lipinski definition) is 4. The number of urea groups is 1. The Kier molecular flexibility index (Phi) is 8.22. The molecule has 4 N–H and O–H groups in total. The molecule has 0 atom stereocenters. The number of pyridine rings is 1. The predicted octanol–water partition coefficient (Wildman–Crippen LogP) is 6.29. The third kappa shape index (κ3) is 7.33. The maximum atomic E-state index is 13.0. The highest BCUT2D eigenvalue weighted by Gasteiger charge is 2.30. The molecule has 194 valence electrons. The number of rotatable bonds is 8. The highest BCUT2D eigenvalue weighted by atomic mass is 19.4. The number of carbonyl (C=O) groups excluding carboxylic acids is 2. The Morgan fingerprint density at radius 1 is 0.763 bits per heavy atom. The summed E-state index contributed by atoms with van der Waals surface area (Å²) < 4.78 is 39.0. The van der Waals surface area contributed by atoms with Crippen LogP contribution in [-0.4, -0.2) is 16.9 Å². The van der Waals surface area contributed by atoms with E-state index in [0.29, 0.717) is 24.6 Å². The van der Waals surface area contributed by atoms with Crippen LogP contribution in [0.25, 0.3) is 0 Å². The van der Waals surface area contributed by atoms with Gasteiger partial charge in [0.05, 0.1) is 11.1 Å². The molecule has 0 aliphatic heterocycles. The minimum Gasteiger partial charge on any atom is -0.380 e. The van der Waals surface area contributed by atoms with Crippen LogP contribution in [0.1, 0.15) is 27.0 Å². The highest BCUT2D eigenvalue weighted by molar-refractivity contribution is 6.08. The zero-order valence-corrected chi connectivity index (χ0v) is 20.0. The quantitative estimate of drug-likeness (QED) is 0.220. The molecule has 1 aromatic heterocycles. The standard InChI is InChI=1S/C28H24F3N5O2/c29-28(30,31)21-9-6-10-22(16-21)35-26(37)23-11-4-5-12-24(23)33-18-20-13-14-32-25(15-20)36-27(38)34-17-19-7-2-1-3-8-19/h1-16,33H,17-18H2,(H,35,37)(H2,32,34,36,38). The molecule has 0 saturated heterocycles. The van der Waals surface area contributed by atoms with Crippen LogP contribution in [-0.2, 0) is 19.3 Å². The van der Waals surface area contributed by atoms with Crippen LogP contribution in [0.5, 0.6) is 0 Å². The van der Waals surface area contributed by atoms with Gasteiger partial charge < -0.3 is 16.0 Å². The van der Waals surface area contributed by atoms with E-state index in [2.05, 4.69) is 26.3 Å². The lowest BCUT2D eigenvalue weighted by atomic mass is 10.1. The normalized spacial score (nSPS) is 10.9. The summed E-state index contributed by atoms with van der Waals surface area (Å²) >= 11 is 0. The molecule has 0 bridgehead atoms. The Morgan fingerprint density at radius 2 is 1.53 bits per heavy atom. The molecular weight excluding hydrogens is 495 g/mol. The van der Waals surface area contributed by atoms with Crippen LogP contribution in [0.4, 0.5) is 35.2 Å². The third-order valence-electron chi connectivity index (χ3n) is 5.46. The minimum atomic E-state index is -4.51. The zero-order valence-electron chi connectivity index (χ0n) is 20.0. The molecule has 38 heavy (non-hydrogen) atoms. The number of amides is 3. The van der Waals surface area contributed by atoms with Gasteiger partial charge in [0, 0.05) is 30.7 Å². The van der Waals surface area contributed by atoms with Gasteiger partial charge in [0.1, 0.15) is 5.82 Å². The van der Waals surface area contributed by atoms with Crippen molar-refractivity contribution in [3.8, 4) is 0 Å². The molecule has 0 radical (unpaired) electrons. The fourth-order valence-electron chi connectivity index (χ4n) is 3.60. The Balaban J connectivity index is 1.37. The second-order valence-electron chi connectivity index (χ2n) is 8.27.